The molecule has 20 heavy (non-hydrogen) atoms. The predicted octanol–water partition coefficient (Wildman–Crippen LogP) is 3.85. The number of benzene rings is 1. The molecule has 0 spiro atoms. The van der Waals surface area contributed by atoms with Crippen LogP contribution in [0, 0.1) is 3.57 Å². The first kappa shape index (κ1) is 14.1. The summed E-state index contributed by atoms with van der Waals surface area (Å²) in [5.41, 5.74) is 8.59. The standard InChI is InChI=1S/C16H20IN3/c17-13-5-3-4-12(10-13)16(18)11-14-8-9-20(19-14)15-6-1-2-7-15/h3-5,8-10,15-16H,1-2,6-7,11,18H2. The van der Waals surface area contributed by atoms with E-state index in [9.17, 15) is 0 Å². The number of hydrogen-bond donors (Lipinski definition) is 1. The fourth-order valence-electron chi connectivity index (χ4n) is 2.94. The number of hydrogen-bond acceptors (Lipinski definition) is 2. The van der Waals surface area contributed by atoms with E-state index in [4.69, 9.17) is 10.8 Å². The van der Waals surface area contributed by atoms with Crippen LogP contribution in [0.25, 0.3) is 0 Å². The van der Waals surface area contributed by atoms with Crippen LogP contribution >= 0.6 is 22.6 Å². The lowest BCUT2D eigenvalue weighted by Gasteiger charge is -2.12. The van der Waals surface area contributed by atoms with Gasteiger partial charge in [0.25, 0.3) is 0 Å². The molecule has 0 bridgehead atoms. The van der Waals surface area contributed by atoms with Crippen molar-refractivity contribution in [1.82, 2.24) is 9.78 Å². The summed E-state index contributed by atoms with van der Waals surface area (Å²) in [7, 11) is 0. The molecule has 3 nitrogen and oxygen atoms in total. The molecule has 0 saturated heterocycles. The molecule has 106 valence electrons. The summed E-state index contributed by atoms with van der Waals surface area (Å²) in [5.74, 6) is 0. The second-order valence-electron chi connectivity index (χ2n) is 5.59. The van der Waals surface area contributed by atoms with Crippen LogP contribution in [0.3, 0.4) is 0 Å². The van der Waals surface area contributed by atoms with Crippen LogP contribution in [0.15, 0.2) is 36.5 Å². The van der Waals surface area contributed by atoms with Gasteiger partial charge in [-0.2, -0.15) is 5.10 Å². The number of halogens is 1. The van der Waals surface area contributed by atoms with Crippen molar-refractivity contribution in [3.05, 3.63) is 51.4 Å². The Labute approximate surface area is 133 Å². The third-order valence-corrected chi connectivity index (χ3v) is 4.74. The molecule has 1 fully saturated rings. The summed E-state index contributed by atoms with van der Waals surface area (Å²) in [6, 6.07) is 11.2. The molecule has 3 rings (SSSR count). The van der Waals surface area contributed by atoms with Crippen molar-refractivity contribution in [1.29, 1.82) is 0 Å². The highest BCUT2D eigenvalue weighted by molar-refractivity contribution is 14.1. The highest BCUT2D eigenvalue weighted by atomic mass is 127. The van der Waals surface area contributed by atoms with Gasteiger partial charge in [-0.05, 0) is 59.2 Å². The van der Waals surface area contributed by atoms with Crippen molar-refractivity contribution < 1.29 is 0 Å². The van der Waals surface area contributed by atoms with Crippen LogP contribution in [-0.4, -0.2) is 9.78 Å². The van der Waals surface area contributed by atoms with Crippen molar-refractivity contribution in [2.75, 3.05) is 0 Å². The molecule has 1 aliphatic rings. The molecule has 2 aromatic rings. The molecule has 0 aliphatic heterocycles. The van der Waals surface area contributed by atoms with Crippen LogP contribution in [0.2, 0.25) is 0 Å². The number of nitrogens with zero attached hydrogens (tertiary/aromatic N) is 2. The quantitative estimate of drug-likeness (QED) is 0.818. The van der Waals surface area contributed by atoms with Gasteiger partial charge < -0.3 is 5.73 Å². The smallest absolute Gasteiger partial charge is 0.0643 e. The molecule has 1 aliphatic carbocycles. The largest absolute Gasteiger partial charge is 0.324 e. The molecule has 1 saturated carbocycles. The van der Waals surface area contributed by atoms with Crippen LogP contribution in [0.5, 0.6) is 0 Å². The Morgan fingerprint density at radius 3 is 2.85 bits per heavy atom. The topological polar surface area (TPSA) is 43.8 Å². The molecule has 0 radical (unpaired) electrons. The Hall–Kier alpha value is -0.880. The van der Waals surface area contributed by atoms with E-state index >= 15 is 0 Å². The zero-order valence-corrected chi connectivity index (χ0v) is 13.7. The Balaban J connectivity index is 1.68. The molecule has 1 heterocycles. The summed E-state index contributed by atoms with van der Waals surface area (Å²) in [5, 5.41) is 4.71. The van der Waals surface area contributed by atoms with Crippen LogP contribution in [0.1, 0.15) is 49.0 Å². The van der Waals surface area contributed by atoms with E-state index in [0.717, 1.165) is 12.1 Å². The second kappa shape index (κ2) is 6.26. The lowest BCUT2D eigenvalue weighted by Crippen LogP contribution is -2.14. The summed E-state index contributed by atoms with van der Waals surface area (Å²) in [6.45, 7) is 0. The molecular formula is C16H20IN3. The lowest BCUT2D eigenvalue weighted by atomic mass is 10.0. The van der Waals surface area contributed by atoms with E-state index in [1.165, 1.54) is 34.8 Å². The minimum absolute atomic E-state index is 0.0247. The minimum Gasteiger partial charge on any atom is -0.324 e. The van der Waals surface area contributed by atoms with Crippen LogP contribution in [0.4, 0.5) is 0 Å². The maximum Gasteiger partial charge on any atom is 0.0643 e. The third-order valence-electron chi connectivity index (χ3n) is 4.07. The average molecular weight is 381 g/mol. The van der Waals surface area contributed by atoms with E-state index in [0.29, 0.717) is 6.04 Å². The zero-order valence-electron chi connectivity index (χ0n) is 11.5. The fourth-order valence-corrected chi connectivity index (χ4v) is 3.51. The number of aromatic nitrogens is 2. The van der Waals surface area contributed by atoms with Crippen molar-refractivity contribution >= 4 is 22.6 Å². The van der Waals surface area contributed by atoms with E-state index in [1.807, 2.05) is 0 Å². The first-order chi connectivity index (χ1) is 9.72. The predicted molar refractivity (Wildman–Crippen MR) is 89.5 cm³/mol. The van der Waals surface area contributed by atoms with E-state index in [1.54, 1.807) is 0 Å². The van der Waals surface area contributed by atoms with Gasteiger partial charge in [-0.15, -0.1) is 0 Å². The Bertz CT molecular complexity index is 573. The maximum absolute atomic E-state index is 6.31. The second-order valence-corrected chi connectivity index (χ2v) is 6.84. The average Bonchev–Trinajstić information content (AvgIpc) is 3.08. The van der Waals surface area contributed by atoms with Gasteiger partial charge in [-0.25, -0.2) is 0 Å². The van der Waals surface area contributed by atoms with Gasteiger partial charge in [-0.3, -0.25) is 4.68 Å². The van der Waals surface area contributed by atoms with Gasteiger partial charge in [0, 0.05) is 22.2 Å². The Morgan fingerprint density at radius 2 is 2.10 bits per heavy atom. The molecule has 1 aromatic carbocycles. The minimum atomic E-state index is 0.0247. The van der Waals surface area contributed by atoms with Gasteiger partial charge in [-0.1, -0.05) is 25.0 Å². The Kier molecular flexibility index (Phi) is 4.41. The van der Waals surface area contributed by atoms with Crippen molar-refractivity contribution in [3.63, 3.8) is 0 Å². The molecule has 4 heteroatoms. The first-order valence-electron chi connectivity index (χ1n) is 7.27. The summed E-state index contributed by atoms with van der Waals surface area (Å²) in [4.78, 5) is 0. The molecule has 2 N–H and O–H groups in total. The Morgan fingerprint density at radius 1 is 1.30 bits per heavy atom. The monoisotopic (exact) mass is 381 g/mol. The maximum atomic E-state index is 6.31. The van der Waals surface area contributed by atoms with Gasteiger partial charge in [0.05, 0.1) is 11.7 Å². The molecule has 1 unspecified atom stereocenters. The van der Waals surface area contributed by atoms with Gasteiger partial charge in [0.2, 0.25) is 0 Å². The van der Waals surface area contributed by atoms with Crippen molar-refractivity contribution in [2.45, 2.75) is 44.2 Å². The van der Waals surface area contributed by atoms with Gasteiger partial charge in [0.1, 0.15) is 0 Å². The van der Waals surface area contributed by atoms with Crippen molar-refractivity contribution in [2.24, 2.45) is 5.73 Å². The SMILES string of the molecule is NC(Cc1ccn(C2CCCC2)n1)c1cccc(I)c1. The van der Waals surface area contributed by atoms with Crippen LogP contribution in [-0.2, 0) is 6.42 Å². The fraction of sp³-hybridized carbons (Fsp3) is 0.438. The lowest BCUT2D eigenvalue weighted by molar-refractivity contribution is 0.461. The molecule has 1 aromatic heterocycles. The summed E-state index contributed by atoms with van der Waals surface area (Å²) < 4.78 is 3.37. The number of rotatable bonds is 4. The number of nitrogens with two attached hydrogens (primary N) is 1. The van der Waals surface area contributed by atoms with Gasteiger partial charge >= 0.3 is 0 Å². The van der Waals surface area contributed by atoms with Crippen LogP contribution < -0.4 is 5.73 Å². The highest BCUT2D eigenvalue weighted by Gasteiger charge is 2.18. The van der Waals surface area contributed by atoms with E-state index in [2.05, 4.69) is 63.8 Å². The molecule has 1 atom stereocenters. The van der Waals surface area contributed by atoms with Gasteiger partial charge in [0.15, 0.2) is 0 Å². The summed E-state index contributed by atoms with van der Waals surface area (Å²) in [6.07, 6.45) is 8.13. The normalized spacial score (nSPS) is 17.5. The summed E-state index contributed by atoms with van der Waals surface area (Å²) >= 11 is 2.32. The van der Waals surface area contributed by atoms with Crippen molar-refractivity contribution in [3.8, 4) is 0 Å². The molecular weight excluding hydrogens is 361 g/mol. The highest BCUT2D eigenvalue weighted by Crippen LogP contribution is 2.29. The van der Waals surface area contributed by atoms with E-state index in [-0.39, 0.29) is 6.04 Å². The first-order valence-corrected chi connectivity index (χ1v) is 8.35. The third kappa shape index (κ3) is 3.23. The zero-order chi connectivity index (χ0) is 13.9. The molecule has 0 amide bonds. The van der Waals surface area contributed by atoms with E-state index < -0.39 is 0 Å².